The molecular formula is C19H18N4O2. The topological polar surface area (TPSA) is 72.1 Å². The lowest BCUT2D eigenvalue weighted by molar-refractivity contribution is 0.0596. The Balaban J connectivity index is 1.75. The fraction of sp³-hybridized carbons (Fsp3) is 0.263. The molecule has 3 aromatic rings. The van der Waals surface area contributed by atoms with Crippen LogP contribution in [0.2, 0.25) is 0 Å². The van der Waals surface area contributed by atoms with Crippen LogP contribution in [-0.2, 0) is 13.0 Å². The minimum absolute atomic E-state index is 0.126. The molecule has 1 aliphatic rings. The van der Waals surface area contributed by atoms with E-state index in [0.717, 1.165) is 11.1 Å². The van der Waals surface area contributed by atoms with E-state index in [1.54, 1.807) is 24.1 Å². The van der Waals surface area contributed by atoms with E-state index < -0.39 is 0 Å². The van der Waals surface area contributed by atoms with Gasteiger partial charge in [0, 0.05) is 26.1 Å². The zero-order valence-corrected chi connectivity index (χ0v) is 14.1. The van der Waals surface area contributed by atoms with Crippen LogP contribution in [0.1, 0.15) is 45.0 Å². The van der Waals surface area contributed by atoms with Gasteiger partial charge < -0.3 is 9.32 Å². The van der Waals surface area contributed by atoms with Crippen molar-refractivity contribution < 1.29 is 9.21 Å². The van der Waals surface area contributed by atoms with E-state index in [-0.39, 0.29) is 11.9 Å². The lowest BCUT2D eigenvalue weighted by Crippen LogP contribution is -2.39. The highest BCUT2D eigenvalue weighted by Gasteiger charge is 2.35. The average molecular weight is 334 g/mol. The van der Waals surface area contributed by atoms with Crippen LogP contribution in [0.15, 0.2) is 47.0 Å². The molecule has 126 valence electrons. The fourth-order valence-electron chi connectivity index (χ4n) is 3.20. The summed E-state index contributed by atoms with van der Waals surface area (Å²) in [7, 11) is 0. The average Bonchev–Trinajstić information content (AvgIpc) is 3.06. The summed E-state index contributed by atoms with van der Waals surface area (Å²) >= 11 is 0. The number of nitrogens with zero attached hydrogens (tertiary/aromatic N) is 4. The standard InChI is InChI=1S/C19H18N4O2/c1-12-7-8-20-16(9-12)19(24)23-11-15-6-4-3-5-14(15)10-17(23)18-22-21-13(2)25-18/h3-9,17H,10-11H2,1-2H3. The largest absolute Gasteiger partial charge is 0.423 e. The van der Waals surface area contributed by atoms with E-state index in [0.29, 0.717) is 30.4 Å². The van der Waals surface area contributed by atoms with Gasteiger partial charge in [-0.1, -0.05) is 24.3 Å². The molecule has 0 saturated carbocycles. The number of carbonyl (C=O) groups is 1. The van der Waals surface area contributed by atoms with Gasteiger partial charge in [-0.05, 0) is 35.7 Å². The predicted molar refractivity (Wildman–Crippen MR) is 90.8 cm³/mol. The summed E-state index contributed by atoms with van der Waals surface area (Å²) in [6.07, 6.45) is 2.31. The molecule has 1 atom stereocenters. The van der Waals surface area contributed by atoms with Crippen LogP contribution < -0.4 is 0 Å². The molecule has 0 radical (unpaired) electrons. The molecule has 1 unspecified atom stereocenters. The molecule has 0 bridgehead atoms. The maximum absolute atomic E-state index is 13.1. The molecule has 4 rings (SSSR count). The summed E-state index contributed by atoms with van der Waals surface area (Å²) in [4.78, 5) is 19.1. The first-order valence-electron chi connectivity index (χ1n) is 8.22. The van der Waals surface area contributed by atoms with Crippen molar-refractivity contribution in [3.63, 3.8) is 0 Å². The number of amides is 1. The maximum Gasteiger partial charge on any atom is 0.273 e. The van der Waals surface area contributed by atoms with E-state index in [4.69, 9.17) is 4.42 Å². The van der Waals surface area contributed by atoms with E-state index >= 15 is 0 Å². The number of rotatable bonds is 2. The molecule has 1 aliphatic heterocycles. The molecule has 0 aliphatic carbocycles. The minimum Gasteiger partial charge on any atom is -0.423 e. The highest BCUT2D eigenvalue weighted by molar-refractivity contribution is 5.92. The number of hydrogen-bond donors (Lipinski definition) is 0. The Labute approximate surface area is 145 Å². The quantitative estimate of drug-likeness (QED) is 0.720. The Morgan fingerprint density at radius 1 is 1.16 bits per heavy atom. The zero-order chi connectivity index (χ0) is 17.4. The molecular weight excluding hydrogens is 316 g/mol. The monoisotopic (exact) mass is 334 g/mol. The molecule has 6 nitrogen and oxygen atoms in total. The number of aromatic nitrogens is 3. The van der Waals surface area contributed by atoms with Gasteiger partial charge in [-0.25, -0.2) is 0 Å². The number of pyridine rings is 1. The number of benzene rings is 1. The van der Waals surface area contributed by atoms with Crippen molar-refractivity contribution in [2.45, 2.75) is 32.9 Å². The van der Waals surface area contributed by atoms with Crippen LogP contribution in [0.4, 0.5) is 0 Å². The van der Waals surface area contributed by atoms with Crippen molar-refractivity contribution >= 4 is 5.91 Å². The second-order valence-electron chi connectivity index (χ2n) is 6.30. The van der Waals surface area contributed by atoms with Gasteiger partial charge in [0.15, 0.2) is 0 Å². The van der Waals surface area contributed by atoms with Gasteiger partial charge in [0.2, 0.25) is 11.8 Å². The molecule has 2 aromatic heterocycles. The minimum atomic E-state index is -0.286. The molecule has 3 heterocycles. The van der Waals surface area contributed by atoms with E-state index in [9.17, 15) is 4.79 Å². The van der Waals surface area contributed by atoms with Gasteiger partial charge in [-0.15, -0.1) is 10.2 Å². The number of fused-ring (bicyclic) bond motifs is 1. The van der Waals surface area contributed by atoms with Crippen LogP contribution in [-0.4, -0.2) is 26.0 Å². The fourth-order valence-corrected chi connectivity index (χ4v) is 3.20. The normalized spacial score (nSPS) is 16.6. The molecule has 0 N–H and O–H groups in total. The first-order valence-corrected chi connectivity index (χ1v) is 8.22. The smallest absolute Gasteiger partial charge is 0.273 e. The van der Waals surface area contributed by atoms with Crippen LogP contribution in [0.25, 0.3) is 0 Å². The summed E-state index contributed by atoms with van der Waals surface area (Å²) < 4.78 is 5.64. The van der Waals surface area contributed by atoms with Gasteiger partial charge in [0.25, 0.3) is 5.91 Å². The first-order chi connectivity index (χ1) is 12.1. The Morgan fingerprint density at radius 2 is 1.96 bits per heavy atom. The van der Waals surface area contributed by atoms with E-state index in [2.05, 4.69) is 27.3 Å². The van der Waals surface area contributed by atoms with Crippen LogP contribution in [0.3, 0.4) is 0 Å². The molecule has 0 spiro atoms. The number of hydrogen-bond acceptors (Lipinski definition) is 5. The maximum atomic E-state index is 13.1. The SMILES string of the molecule is Cc1ccnc(C(=O)N2Cc3ccccc3CC2c2nnc(C)o2)c1. The van der Waals surface area contributed by atoms with Crippen molar-refractivity contribution in [2.24, 2.45) is 0 Å². The number of carbonyl (C=O) groups excluding carboxylic acids is 1. The summed E-state index contributed by atoms with van der Waals surface area (Å²) in [5, 5.41) is 8.08. The lowest BCUT2D eigenvalue weighted by atomic mass is 9.93. The van der Waals surface area contributed by atoms with Crippen LogP contribution in [0, 0.1) is 13.8 Å². The molecule has 6 heteroatoms. The Morgan fingerprint density at radius 3 is 2.68 bits per heavy atom. The van der Waals surface area contributed by atoms with Crippen molar-refractivity contribution in [2.75, 3.05) is 0 Å². The predicted octanol–water partition coefficient (Wildman–Crippen LogP) is 3.02. The molecule has 0 saturated heterocycles. The zero-order valence-electron chi connectivity index (χ0n) is 14.1. The number of aryl methyl sites for hydroxylation is 2. The van der Waals surface area contributed by atoms with Gasteiger partial charge in [-0.3, -0.25) is 9.78 Å². The summed E-state index contributed by atoms with van der Waals surface area (Å²) in [6.45, 7) is 4.20. The third-order valence-corrected chi connectivity index (χ3v) is 4.47. The van der Waals surface area contributed by atoms with Crippen molar-refractivity contribution in [3.8, 4) is 0 Å². The summed E-state index contributed by atoms with van der Waals surface area (Å²) in [5.41, 5.74) is 3.77. The summed E-state index contributed by atoms with van der Waals surface area (Å²) in [5.74, 6) is 0.835. The lowest BCUT2D eigenvalue weighted by Gasteiger charge is -2.34. The second-order valence-corrected chi connectivity index (χ2v) is 6.30. The Bertz CT molecular complexity index is 934. The molecule has 1 aromatic carbocycles. The van der Waals surface area contributed by atoms with Gasteiger partial charge in [-0.2, -0.15) is 0 Å². The third-order valence-electron chi connectivity index (χ3n) is 4.47. The Kier molecular flexibility index (Phi) is 3.80. The second kappa shape index (κ2) is 6.12. The molecule has 25 heavy (non-hydrogen) atoms. The van der Waals surface area contributed by atoms with E-state index in [1.807, 2.05) is 25.1 Å². The highest BCUT2D eigenvalue weighted by atomic mass is 16.4. The third kappa shape index (κ3) is 2.91. The molecule has 0 fully saturated rings. The van der Waals surface area contributed by atoms with Crippen LogP contribution >= 0.6 is 0 Å². The van der Waals surface area contributed by atoms with Crippen molar-refractivity contribution in [1.82, 2.24) is 20.1 Å². The van der Waals surface area contributed by atoms with Gasteiger partial charge in [0.05, 0.1) is 0 Å². The highest BCUT2D eigenvalue weighted by Crippen LogP contribution is 2.33. The summed E-state index contributed by atoms with van der Waals surface area (Å²) in [6, 6.07) is 11.5. The first kappa shape index (κ1) is 15.5. The molecule has 1 amide bonds. The van der Waals surface area contributed by atoms with Crippen LogP contribution in [0.5, 0.6) is 0 Å². The van der Waals surface area contributed by atoms with E-state index in [1.165, 1.54) is 5.56 Å². The Hall–Kier alpha value is -3.02. The van der Waals surface area contributed by atoms with Crippen molar-refractivity contribution in [3.05, 3.63) is 76.8 Å². The van der Waals surface area contributed by atoms with Crippen molar-refractivity contribution in [1.29, 1.82) is 0 Å². The van der Waals surface area contributed by atoms with Gasteiger partial charge >= 0.3 is 0 Å². The van der Waals surface area contributed by atoms with Gasteiger partial charge in [0.1, 0.15) is 11.7 Å².